The average molecular weight is 408 g/mol. The predicted molar refractivity (Wildman–Crippen MR) is 101 cm³/mol. The molecule has 28 heavy (non-hydrogen) atoms. The van der Waals surface area contributed by atoms with E-state index in [4.69, 9.17) is 0 Å². The molecule has 0 saturated heterocycles. The fourth-order valence-corrected chi connectivity index (χ4v) is 5.97. The van der Waals surface area contributed by atoms with Crippen LogP contribution in [0, 0.1) is 0 Å². The van der Waals surface area contributed by atoms with E-state index in [1.165, 1.54) is 66.7 Å². The van der Waals surface area contributed by atoms with E-state index in [1.54, 1.807) is 12.1 Å². The largest absolute Gasteiger partial charge is 0.424 e. The lowest BCUT2D eigenvalue weighted by atomic mass is 9.94. The summed E-state index contributed by atoms with van der Waals surface area (Å²) in [6, 6.07) is 20.2. The zero-order valence-corrected chi connectivity index (χ0v) is 15.4. The van der Waals surface area contributed by atoms with Gasteiger partial charge in [-0.3, -0.25) is 0 Å². The van der Waals surface area contributed by atoms with Gasteiger partial charge in [0.25, 0.3) is 0 Å². The lowest BCUT2D eigenvalue weighted by molar-refractivity contribution is -0.277. The lowest BCUT2D eigenvalue weighted by Crippen LogP contribution is -2.51. The van der Waals surface area contributed by atoms with Gasteiger partial charge in [-0.05, 0) is 5.56 Å². The molecule has 0 heterocycles. The van der Waals surface area contributed by atoms with Crippen molar-refractivity contribution in [2.24, 2.45) is 0 Å². The maximum atomic E-state index is 15.8. The molecule has 2 nitrogen and oxygen atoms in total. The highest BCUT2D eigenvalue weighted by Gasteiger charge is 2.65. The molecule has 3 aromatic carbocycles. The quantitative estimate of drug-likeness (QED) is 0.489. The maximum absolute atomic E-state index is 15.8. The van der Waals surface area contributed by atoms with Crippen LogP contribution in [0.15, 0.2) is 91.0 Å². The molecule has 2 atom stereocenters. The highest BCUT2D eigenvalue weighted by atomic mass is 31.2. The van der Waals surface area contributed by atoms with E-state index < -0.39 is 30.4 Å². The standard InChI is InChI=1S/C21H17F4O2P/c22-19(20(26,21(23,24)25)16-10-4-1-5-11-16)28(27,17-12-6-2-7-13-17)18-14-8-3-9-15-18/h1-15,19,26H/t19-,20-/m0/s1. The van der Waals surface area contributed by atoms with E-state index in [0.717, 1.165) is 12.1 Å². The third-order valence-corrected chi connectivity index (χ3v) is 7.73. The minimum atomic E-state index is -5.40. The number of aliphatic hydroxyl groups is 1. The summed E-state index contributed by atoms with van der Waals surface area (Å²) in [6.07, 6.45) is -5.40. The van der Waals surface area contributed by atoms with Crippen LogP contribution in [0.1, 0.15) is 5.56 Å². The summed E-state index contributed by atoms with van der Waals surface area (Å²) >= 11 is 0. The van der Waals surface area contributed by atoms with Gasteiger partial charge in [-0.15, -0.1) is 0 Å². The highest BCUT2D eigenvalue weighted by molar-refractivity contribution is 7.79. The molecule has 0 amide bonds. The van der Waals surface area contributed by atoms with Crippen molar-refractivity contribution in [1.82, 2.24) is 0 Å². The second-order valence-corrected chi connectivity index (χ2v) is 9.10. The summed E-state index contributed by atoms with van der Waals surface area (Å²) in [5.41, 5.74) is -4.66. The van der Waals surface area contributed by atoms with Gasteiger partial charge < -0.3 is 9.67 Å². The Morgan fingerprint density at radius 1 is 0.714 bits per heavy atom. The van der Waals surface area contributed by atoms with Crippen LogP contribution in [-0.2, 0) is 10.2 Å². The molecule has 0 saturated carbocycles. The summed E-state index contributed by atoms with van der Waals surface area (Å²) in [4.78, 5) is 0. The zero-order chi connectivity index (χ0) is 20.4. The molecule has 0 unspecified atom stereocenters. The SMILES string of the molecule is O=P(c1ccccc1)(c1ccccc1)[C@H](F)[C@@](O)(c1ccccc1)C(F)(F)F. The summed E-state index contributed by atoms with van der Waals surface area (Å²) < 4.78 is 71.7. The normalized spacial score (nSPS) is 15.6. The monoisotopic (exact) mass is 408 g/mol. The molecule has 0 radical (unpaired) electrons. The molecule has 1 N–H and O–H groups in total. The molecular formula is C21H17F4O2P. The second-order valence-electron chi connectivity index (χ2n) is 6.30. The van der Waals surface area contributed by atoms with Gasteiger partial charge in [0, 0.05) is 10.6 Å². The Kier molecular flexibility index (Phi) is 5.46. The number of halogens is 4. The van der Waals surface area contributed by atoms with E-state index >= 15 is 4.39 Å². The van der Waals surface area contributed by atoms with Gasteiger partial charge in [-0.2, -0.15) is 13.2 Å². The maximum Gasteiger partial charge on any atom is 0.424 e. The number of hydrogen-bond donors (Lipinski definition) is 1. The molecule has 146 valence electrons. The summed E-state index contributed by atoms with van der Waals surface area (Å²) in [6.45, 7) is 0. The number of hydrogen-bond acceptors (Lipinski definition) is 2. The van der Waals surface area contributed by atoms with Crippen LogP contribution in [0.3, 0.4) is 0 Å². The second kappa shape index (κ2) is 7.53. The fraction of sp³-hybridized carbons (Fsp3) is 0.143. The van der Waals surface area contributed by atoms with Gasteiger partial charge in [0.15, 0.2) is 7.14 Å². The van der Waals surface area contributed by atoms with Crippen molar-refractivity contribution in [1.29, 1.82) is 0 Å². The first-order chi connectivity index (χ1) is 13.2. The highest BCUT2D eigenvalue weighted by Crippen LogP contribution is 2.59. The van der Waals surface area contributed by atoms with Crippen molar-refractivity contribution in [3.05, 3.63) is 96.6 Å². The molecule has 0 aromatic heterocycles. The predicted octanol–water partition coefficient (Wildman–Crippen LogP) is 4.75. The third-order valence-electron chi connectivity index (χ3n) is 4.59. The Morgan fingerprint density at radius 3 is 1.43 bits per heavy atom. The summed E-state index contributed by atoms with van der Waals surface area (Å²) in [7, 11) is -4.54. The van der Waals surface area contributed by atoms with Crippen molar-refractivity contribution in [3.8, 4) is 0 Å². The van der Waals surface area contributed by atoms with Crippen LogP contribution in [0.4, 0.5) is 17.6 Å². The van der Waals surface area contributed by atoms with Crippen molar-refractivity contribution < 1.29 is 27.2 Å². The fourth-order valence-electron chi connectivity index (χ4n) is 3.10. The Bertz CT molecular complexity index is 918. The van der Waals surface area contributed by atoms with E-state index in [2.05, 4.69) is 0 Å². The smallest absolute Gasteiger partial charge is 0.374 e. The molecule has 0 bridgehead atoms. The Labute approximate surface area is 159 Å². The van der Waals surface area contributed by atoms with Crippen molar-refractivity contribution in [3.63, 3.8) is 0 Å². The molecule has 3 rings (SSSR count). The number of alkyl halides is 4. The van der Waals surface area contributed by atoms with Gasteiger partial charge in [-0.1, -0.05) is 91.0 Å². The van der Waals surface area contributed by atoms with Crippen molar-refractivity contribution >= 4 is 17.8 Å². The average Bonchev–Trinajstić information content (AvgIpc) is 2.73. The molecule has 0 aliphatic heterocycles. The molecule has 0 aliphatic carbocycles. The molecule has 0 fully saturated rings. The van der Waals surface area contributed by atoms with Gasteiger partial charge in [0.05, 0.1) is 0 Å². The van der Waals surface area contributed by atoms with Crippen molar-refractivity contribution in [2.75, 3.05) is 0 Å². The first kappa shape index (κ1) is 20.3. The van der Waals surface area contributed by atoms with Crippen LogP contribution in [0.5, 0.6) is 0 Å². The minimum Gasteiger partial charge on any atom is -0.374 e. The summed E-state index contributed by atoms with van der Waals surface area (Å²) in [5.74, 6) is -3.15. The Morgan fingerprint density at radius 2 is 1.07 bits per heavy atom. The van der Waals surface area contributed by atoms with Crippen LogP contribution >= 0.6 is 7.14 Å². The van der Waals surface area contributed by atoms with E-state index in [1.807, 2.05) is 0 Å². The van der Waals surface area contributed by atoms with E-state index in [9.17, 15) is 22.8 Å². The molecule has 7 heteroatoms. The lowest BCUT2D eigenvalue weighted by Gasteiger charge is -2.37. The first-order valence-electron chi connectivity index (χ1n) is 8.42. The van der Waals surface area contributed by atoms with E-state index in [0.29, 0.717) is 0 Å². The molecule has 0 spiro atoms. The van der Waals surface area contributed by atoms with Crippen LogP contribution in [-0.4, -0.2) is 17.2 Å². The van der Waals surface area contributed by atoms with Crippen LogP contribution < -0.4 is 10.6 Å². The van der Waals surface area contributed by atoms with Crippen LogP contribution in [0.25, 0.3) is 0 Å². The first-order valence-corrected chi connectivity index (χ1v) is 10.2. The van der Waals surface area contributed by atoms with Gasteiger partial charge in [0.1, 0.15) is 0 Å². The van der Waals surface area contributed by atoms with Gasteiger partial charge in [0.2, 0.25) is 11.5 Å². The molecular weight excluding hydrogens is 391 g/mol. The van der Waals surface area contributed by atoms with E-state index in [-0.39, 0.29) is 10.6 Å². The Balaban J connectivity index is 2.29. The van der Waals surface area contributed by atoms with Crippen molar-refractivity contribution in [2.45, 2.75) is 17.7 Å². The zero-order valence-electron chi connectivity index (χ0n) is 14.6. The van der Waals surface area contributed by atoms with Crippen LogP contribution in [0.2, 0.25) is 0 Å². The van der Waals surface area contributed by atoms with Gasteiger partial charge >= 0.3 is 6.18 Å². The third kappa shape index (κ3) is 3.27. The summed E-state index contributed by atoms with van der Waals surface area (Å²) in [5, 5.41) is 10.5. The minimum absolute atomic E-state index is 0.104. The topological polar surface area (TPSA) is 37.3 Å². The molecule has 0 aliphatic rings. The van der Waals surface area contributed by atoms with Gasteiger partial charge in [-0.25, -0.2) is 4.39 Å². The number of benzene rings is 3. The number of rotatable bonds is 5. The molecule has 3 aromatic rings. The Hall–Kier alpha value is -2.43.